The van der Waals surface area contributed by atoms with Crippen LogP contribution in [0.2, 0.25) is 0 Å². The summed E-state index contributed by atoms with van der Waals surface area (Å²) in [7, 11) is 0. The molecule has 2 rings (SSSR count). The number of hydrogen-bond acceptors (Lipinski definition) is 3. The molecule has 0 saturated carbocycles. The lowest BCUT2D eigenvalue weighted by molar-refractivity contribution is -0.0349. The number of nitrogens with zero attached hydrogens (tertiary/aromatic N) is 3. The molecule has 1 aromatic heterocycles. The zero-order chi connectivity index (χ0) is 6.97. The van der Waals surface area contributed by atoms with Crippen LogP contribution in [0.25, 0.3) is 0 Å². The molecule has 4 nitrogen and oxygen atoms in total. The average molecular weight is 204 g/mol. The van der Waals surface area contributed by atoms with Gasteiger partial charge in [-0.3, -0.25) is 0 Å². The zero-order valence-corrected chi connectivity index (χ0v) is 6.78. The predicted octanol–water partition coefficient (Wildman–Crippen LogP) is 0.612. The van der Waals surface area contributed by atoms with E-state index in [1.54, 1.807) is 11.0 Å². The normalized spacial score (nSPS) is 18.9. The molecule has 0 aliphatic carbocycles. The van der Waals surface area contributed by atoms with Crippen molar-refractivity contribution in [1.82, 2.24) is 15.0 Å². The van der Waals surface area contributed by atoms with Crippen LogP contribution in [0.15, 0.2) is 10.8 Å². The van der Waals surface area contributed by atoms with Gasteiger partial charge in [-0.05, 0) is 15.9 Å². The molecule has 10 heavy (non-hydrogen) atoms. The first kappa shape index (κ1) is 6.30. The van der Waals surface area contributed by atoms with Crippen molar-refractivity contribution in [2.24, 2.45) is 0 Å². The third-order valence-electron chi connectivity index (χ3n) is 1.43. The summed E-state index contributed by atoms with van der Waals surface area (Å²) in [6.45, 7) is 1.47. The Morgan fingerprint density at radius 1 is 1.70 bits per heavy atom. The number of halogens is 1. The standard InChI is InChI=1S/C5H6BrN3O/c6-5-1-7-9(8-5)4-2-10-3-4/h1,4H,2-3H2. The molecule has 0 unspecified atom stereocenters. The maximum Gasteiger partial charge on any atom is 0.148 e. The molecule has 5 heteroatoms. The summed E-state index contributed by atoms with van der Waals surface area (Å²) >= 11 is 3.22. The first-order valence-electron chi connectivity index (χ1n) is 3.01. The zero-order valence-electron chi connectivity index (χ0n) is 5.20. The van der Waals surface area contributed by atoms with Crippen molar-refractivity contribution < 1.29 is 4.74 Å². The van der Waals surface area contributed by atoms with Crippen molar-refractivity contribution in [3.63, 3.8) is 0 Å². The monoisotopic (exact) mass is 203 g/mol. The molecule has 1 fully saturated rings. The first-order valence-corrected chi connectivity index (χ1v) is 3.80. The third kappa shape index (κ3) is 0.951. The molecular weight excluding hydrogens is 198 g/mol. The van der Waals surface area contributed by atoms with Gasteiger partial charge in [-0.1, -0.05) is 0 Å². The highest BCUT2D eigenvalue weighted by atomic mass is 79.9. The van der Waals surface area contributed by atoms with Gasteiger partial charge >= 0.3 is 0 Å². The summed E-state index contributed by atoms with van der Waals surface area (Å²) in [5, 5.41) is 8.09. The van der Waals surface area contributed by atoms with E-state index in [1.165, 1.54) is 0 Å². The summed E-state index contributed by atoms with van der Waals surface area (Å²) in [4.78, 5) is 1.67. The van der Waals surface area contributed by atoms with E-state index in [1.807, 2.05) is 0 Å². The minimum atomic E-state index is 0.353. The van der Waals surface area contributed by atoms with Crippen LogP contribution in [0.3, 0.4) is 0 Å². The van der Waals surface area contributed by atoms with E-state index in [2.05, 4.69) is 26.1 Å². The van der Waals surface area contributed by atoms with Gasteiger partial charge in [0.2, 0.25) is 0 Å². The summed E-state index contributed by atoms with van der Waals surface area (Å²) in [5.74, 6) is 0. The summed E-state index contributed by atoms with van der Waals surface area (Å²) < 4.78 is 5.76. The Bertz CT molecular complexity index is 233. The van der Waals surface area contributed by atoms with Crippen LogP contribution in [-0.2, 0) is 4.74 Å². The second-order valence-corrected chi connectivity index (χ2v) is 2.99. The molecule has 2 heterocycles. The van der Waals surface area contributed by atoms with Gasteiger partial charge in [0.25, 0.3) is 0 Å². The first-order chi connectivity index (χ1) is 4.86. The number of hydrogen-bond donors (Lipinski definition) is 0. The fraction of sp³-hybridized carbons (Fsp3) is 0.600. The van der Waals surface area contributed by atoms with Gasteiger partial charge in [-0.2, -0.15) is 9.90 Å². The number of rotatable bonds is 1. The second kappa shape index (κ2) is 2.32. The fourth-order valence-corrected chi connectivity index (χ4v) is 1.04. The van der Waals surface area contributed by atoms with Gasteiger partial charge in [0.15, 0.2) is 0 Å². The van der Waals surface area contributed by atoms with Gasteiger partial charge < -0.3 is 4.74 Å². The topological polar surface area (TPSA) is 39.9 Å². The number of aromatic nitrogens is 3. The second-order valence-electron chi connectivity index (χ2n) is 2.18. The van der Waals surface area contributed by atoms with Gasteiger partial charge in [0, 0.05) is 0 Å². The maximum atomic E-state index is 4.98. The lowest BCUT2D eigenvalue weighted by atomic mass is 10.3. The van der Waals surface area contributed by atoms with Gasteiger partial charge in [-0.15, -0.1) is 5.10 Å². The lowest BCUT2D eigenvalue weighted by Gasteiger charge is -2.24. The minimum Gasteiger partial charge on any atom is -0.377 e. The van der Waals surface area contributed by atoms with Crippen molar-refractivity contribution in [3.05, 3.63) is 10.8 Å². The van der Waals surface area contributed by atoms with Crippen molar-refractivity contribution in [2.75, 3.05) is 13.2 Å². The van der Waals surface area contributed by atoms with Crippen LogP contribution in [0.1, 0.15) is 6.04 Å². The summed E-state index contributed by atoms with van der Waals surface area (Å²) in [5.41, 5.74) is 0. The highest BCUT2D eigenvalue weighted by Crippen LogP contribution is 2.15. The highest BCUT2D eigenvalue weighted by Gasteiger charge is 2.21. The van der Waals surface area contributed by atoms with E-state index in [-0.39, 0.29) is 0 Å². The Kier molecular flexibility index (Phi) is 1.46. The van der Waals surface area contributed by atoms with E-state index in [9.17, 15) is 0 Å². The maximum absolute atomic E-state index is 4.98. The molecule has 0 spiro atoms. The van der Waals surface area contributed by atoms with Crippen molar-refractivity contribution in [3.8, 4) is 0 Å². The molecule has 54 valence electrons. The van der Waals surface area contributed by atoms with Gasteiger partial charge in [-0.25, -0.2) is 0 Å². The lowest BCUT2D eigenvalue weighted by Crippen LogP contribution is -2.32. The van der Waals surface area contributed by atoms with Crippen LogP contribution in [0.5, 0.6) is 0 Å². The number of ether oxygens (including phenoxy) is 1. The molecule has 0 N–H and O–H groups in total. The summed E-state index contributed by atoms with van der Waals surface area (Å²) in [6.07, 6.45) is 1.68. The van der Waals surface area contributed by atoms with Crippen LogP contribution < -0.4 is 0 Å². The van der Waals surface area contributed by atoms with Crippen LogP contribution >= 0.6 is 15.9 Å². The Labute approximate surface area is 66.3 Å². The smallest absolute Gasteiger partial charge is 0.148 e. The highest BCUT2D eigenvalue weighted by molar-refractivity contribution is 9.10. The van der Waals surface area contributed by atoms with E-state index < -0.39 is 0 Å². The SMILES string of the molecule is Brc1cnn(C2COC2)n1. The summed E-state index contributed by atoms with van der Waals surface area (Å²) in [6, 6.07) is 0.353. The van der Waals surface area contributed by atoms with E-state index in [0.29, 0.717) is 6.04 Å². The van der Waals surface area contributed by atoms with Gasteiger partial charge in [0.05, 0.1) is 19.4 Å². The molecule has 0 atom stereocenters. The average Bonchev–Trinajstić information content (AvgIpc) is 2.10. The Hall–Kier alpha value is -0.420. The largest absolute Gasteiger partial charge is 0.377 e. The molecule has 1 aliphatic heterocycles. The van der Waals surface area contributed by atoms with Crippen LogP contribution in [0.4, 0.5) is 0 Å². The quantitative estimate of drug-likeness (QED) is 0.672. The van der Waals surface area contributed by atoms with Crippen molar-refractivity contribution in [1.29, 1.82) is 0 Å². The molecule has 0 bridgehead atoms. The minimum absolute atomic E-state index is 0.353. The molecule has 1 aromatic rings. The molecule has 0 radical (unpaired) electrons. The van der Waals surface area contributed by atoms with Crippen molar-refractivity contribution in [2.45, 2.75) is 6.04 Å². The Morgan fingerprint density at radius 2 is 2.50 bits per heavy atom. The Morgan fingerprint density at radius 3 is 2.90 bits per heavy atom. The predicted molar refractivity (Wildman–Crippen MR) is 37.6 cm³/mol. The third-order valence-corrected chi connectivity index (χ3v) is 1.79. The molecular formula is C5H6BrN3O. The van der Waals surface area contributed by atoms with E-state index in [0.717, 1.165) is 17.8 Å². The van der Waals surface area contributed by atoms with Crippen LogP contribution in [-0.4, -0.2) is 28.2 Å². The molecule has 0 aromatic carbocycles. The molecule has 1 aliphatic rings. The fourth-order valence-electron chi connectivity index (χ4n) is 0.789. The van der Waals surface area contributed by atoms with Gasteiger partial charge in [0.1, 0.15) is 10.6 Å². The van der Waals surface area contributed by atoms with E-state index in [4.69, 9.17) is 4.74 Å². The molecule has 1 saturated heterocycles. The van der Waals surface area contributed by atoms with Crippen LogP contribution in [0, 0.1) is 0 Å². The van der Waals surface area contributed by atoms with E-state index >= 15 is 0 Å². The molecule has 0 amide bonds. The van der Waals surface area contributed by atoms with Crippen molar-refractivity contribution >= 4 is 15.9 Å². The Balaban J connectivity index is 2.17.